The van der Waals surface area contributed by atoms with E-state index in [1.807, 2.05) is 18.2 Å². The van der Waals surface area contributed by atoms with Gasteiger partial charge in [0.05, 0.1) is 12.5 Å². The van der Waals surface area contributed by atoms with Gasteiger partial charge in [-0.25, -0.2) is 0 Å². The lowest BCUT2D eigenvalue weighted by Gasteiger charge is -2.14. The number of nitrogens with one attached hydrogen (secondary N) is 1. The summed E-state index contributed by atoms with van der Waals surface area (Å²) in [7, 11) is 3.27. The van der Waals surface area contributed by atoms with Crippen LogP contribution in [-0.2, 0) is 37.9 Å². The molecule has 0 saturated carbocycles. The Morgan fingerprint density at radius 2 is 1.70 bits per heavy atom. The standard InChI is InChI=1S/C26H22F3N5O2S/c1-32-12-20(16-6-4-5-15(7-16)14-37-3)18(9-23(32)35)21-13-33(2)25(36)24-19(21)8-22(31-24)17-10-30-34(11-17)26(27,28)29/h4-13,31H,14H2,1-3H3/p+1. The number of hydrogen-bond acceptors (Lipinski definition) is 3. The van der Waals surface area contributed by atoms with Crippen LogP contribution in [0.2, 0.25) is 0 Å². The van der Waals surface area contributed by atoms with Crippen molar-refractivity contribution in [2.24, 2.45) is 14.1 Å². The number of aryl methyl sites for hydroxylation is 2. The molecule has 37 heavy (non-hydrogen) atoms. The van der Waals surface area contributed by atoms with Crippen molar-refractivity contribution in [2.45, 2.75) is 12.1 Å². The maximum absolute atomic E-state index is 13.1. The Balaban J connectivity index is 1.76. The Morgan fingerprint density at radius 1 is 0.946 bits per heavy atom. The fourth-order valence-electron chi connectivity index (χ4n) is 4.41. The number of thiol groups is 1. The summed E-state index contributed by atoms with van der Waals surface area (Å²) < 4.78 is 42.0. The van der Waals surface area contributed by atoms with Gasteiger partial charge in [0, 0.05) is 72.1 Å². The molecule has 0 saturated heterocycles. The van der Waals surface area contributed by atoms with Crippen LogP contribution < -0.4 is 11.1 Å². The van der Waals surface area contributed by atoms with Crippen molar-refractivity contribution in [1.82, 2.24) is 23.9 Å². The van der Waals surface area contributed by atoms with Gasteiger partial charge in [0.2, 0.25) is 0 Å². The molecule has 5 rings (SSSR count). The second-order valence-electron chi connectivity index (χ2n) is 8.80. The number of aromatic amines is 1. The Hall–Kier alpha value is -3.99. The second-order valence-corrected chi connectivity index (χ2v) is 9.75. The van der Waals surface area contributed by atoms with E-state index in [1.54, 1.807) is 32.6 Å². The molecule has 0 atom stereocenters. The Kier molecular flexibility index (Phi) is 6.10. The van der Waals surface area contributed by atoms with E-state index in [2.05, 4.69) is 22.4 Å². The molecule has 0 spiro atoms. The lowest BCUT2D eigenvalue weighted by molar-refractivity contribution is -0.212. The van der Waals surface area contributed by atoms with Crippen LogP contribution in [0.15, 0.2) is 70.8 Å². The van der Waals surface area contributed by atoms with Crippen LogP contribution in [0.1, 0.15) is 5.56 Å². The minimum Gasteiger partial charge on any atom is -0.350 e. The highest BCUT2D eigenvalue weighted by Crippen LogP contribution is 2.36. The molecule has 0 fully saturated rings. The molecule has 0 radical (unpaired) electrons. The molecular formula is C26H23F3N5O2S+. The van der Waals surface area contributed by atoms with Gasteiger partial charge in [-0.2, -0.15) is 9.78 Å². The average molecular weight is 527 g/mol. The maximum Gasteiger partial charge on any atom is 0.504 e. The number of benzene rings is 1. The minimum absolute atomic E-state index is 0.0887. The number of rotatable bonds is 5. The number of pyridine rings is 2. The van der Waals surface area contributed by atoms with E-state index in [9.17, 15) is 22.8 Å². The van der Waals surface area contributed by atoms with E-state index >= 15 is 0 Å². The summed E-state index contributed by atoms with van der Waals surface area (Å²) in [6.45, 7) is 0. The highest BCUT2D eigenvalue weighted by Gasteiger charge is 2.32. The quantitative estimate of drug-likeness (QED) is 0.276. The number of aromatic nitrogens is 5. The molecular weight excluding hydrogens is 503 g/mol. The predicted molar refractivity (Wildman–Crippen MR) is 141 cm³/mol. The van der Waals surface area contributed by atoms with E-state index in [0.29, 0.717) is 22.2 Å². The van der Waals surface area contributed by atoms with Gasteiger partial charge in [-0.3, -0.25) is 9.59 Å². The largest absolute Gasteiger partial charge is 0.504 e. The topological polar surface area (TPSA) is 77.6 Å². The van der Waals surface area contributed by atoms with E-state index in [0.717, 1.165) is 34.8 Å². The summed E-state index contributed by atoms with van der Waals surface area (Å²) in [6.07, 6.45) is 2.78. The van der Waals surface area contributed by atoms with Crippen molar-refractivity contribution in [1.29, 1.82) is 0 Å². The van der Waals surface area contributed by atoms with Crippen molar-refractivity contribution in [2.75, 3.05) is 6.26 Å². The third-order valence-electron chi connectivity index (χ3n) is 6.22. The molecule has 0 bridgehead atoms. The zero-order chi connectivity index (χ0) is 26.5. The number of halogens is 3. The van der Waals surface area contributed by atoms with Gasteiger partial charge < -0.3 is 14.1 Å². The Labute approximate surface area is 213 Å². The van der Waals surface area contributed by atoms with Gasteiger partial charge in [-0.15, -0.1) is 13.2 Å². The summed E-state index contributed by atoms with van der Waals surface area (Å²) in [5.74, 6) is 0.881. The van der Waals surface area contributed by atoms with Gasteiger partial charge in [0.1, 0.15) is 11.3 Å². The van der Waals surface area contributed by atoms with Crippen LogP contribution in [0.25, 0.3) is 44.4 Å². The first-order valence-electron chi connectivity index (χ1n) is 11.3. The summed E-state index contributed by atoms with van der Waals surface area (Å²) in [4.78, 5) is 28.7. The fraction of sp³-hybridized carbons (Fsp3) is 0.192. The molecule has 4 heterocycles. The zero-order valence-corrected chi connectivity index (χ0v) is 21.1. The van der Waals surface area contributed by atoms with Crippen LogP contribution in [0, 0.1) is 0 Å². The van der Waals surface area contributed by atoms with Gasteiger partial charge in [0.25, 0.3) is 11.1 Å². The van der Waals surface area contributed by atoms with Gasteiger partial charge in [0.15, 0.2) is 0 Å². The van der Waals surface area contributed by atoms with Crippen molar-refractivity contribution < 1.29 is 13.2 Å². The molecule has 0 aliphatic heterocycles. The molecule has 1 aromatic carbocycles. The number of H-pyrrole nitrogens is 1. The normalized spacial score (nSPS) is 11.9. The lowest BCUT2D eigenvalue weighted by Crippen LogP contribution is -2.18. The van der Waals surface area contributed by atoms with E-state index < -0.39 is 6.30 Å². The molecule has 7 nitrogen and oxygen atoms in total. The van der Waals surface area contributed by atoms with Crippen molar-refractivity contribution in [3.63, 3.8) is 0 Å². The SMILES string of the molecule is C[SH+]Cc1cccc(-c2cn(C)c(=O)cc2-c2cn(C)c(=O)c3[nH]c(-c4cnn(C(F)(F)F)c4)cc23)c1. The van der Waals surface area contributed by atoms with Gasteiger partial charge >= 0.3 is 6.30 Å². The molecule has 0 unspecified atom stereocenters. The predicted octanol–water partition coefficient (Wildman–Crippen LogP) is 4.18. The first-order chi connectivity index (χ1) is 17.6. The maximum atomic E-state index is 13.1. The van der Waals surface area contributed by atoms with Crippen molar-refractivity contribution in [3.05, 3.63) is 87.5 Å². The first kappa shape index (κ1) is 24.7. The summed E-state index contributed by atoms with van der Waals surface area (Å²) in [5, 5.41) is 3.89. The molecule has 1 N–H and O–H groups in total. The molecule has 11 heteroatoms. The summed E-state index contributed by atoms with van der Waals surface area (Å²) >= 11 is 1.23. The van der Waals surface area contributed by atoms with E-state index in [4.69, 9.17) is 0 Å². The average Bonchev–Trinajstić information content (AvgIpc) is 3.51. The van der Waals surface area contributed by atoms with Crippen molar-refractivity contribution >= 4 is 22.7 Å². The van der Waals surface area contributed by atoms with Crippen LogP contribution in [-0.4, -0.2) is 30.2 Å². The van der Waals surface area contributed by atoms with Crippen LogP contribution in [0.4, 0.5) is 13.2 Å². The second kappa shape index (κ2) is 9.15. The smallest absolute Gasteiger partial charge is 0.350 e. The zero-order valence-electron chi connectivity index (χ0n) is 20.2. The highest BCUT2D eigenvalue weighted by atomic mass is 32.2. The summed E-state index contributed by atoms with van der Waals surface area (Å²) in [5.41, 5.74) is 4.22. The molecule has 0 amide bonds. The van der Waals surface area contributed by atoms with Gasteiger partial charge in [-0.05, 0) is 35.0 Å². The molecule has 5 aromatic rings. The lowest BCUT2D eigenvalue weighted by atomic mass is 9.94. The van der Waals surface area contributed by atoms with E-state index in [1.165, 1.54) is 27.0 Å². The summed E-state index contributed by atoms with van der Waals surface area (Å²) in [6, 6.07) is 11.2. The fourth-order valence-corrected chi connectivity index (χ4v) is 4.97. The van der Waals surface area contributed by atoms with Crippen molar-refractivity contribution in [3.8, 4) is 33.5 Å². The number of alkyl halides is 3. The van der Waals surface area contributed by atoms with Crippen LogP contribution in [0.3, 0.4) is 0 Å². The number of fused-ring (bicyclic) bond motifs is 1. The molecule has 190 valence electrons. The minimum atomic E-state index is -4.66. The number of hydrogen-bond donors (Lipinski definition) is 1. The third-order valence-corrected chi connectivity index (χ3v) is 6.90. The monoisotopic (exact) mass is 526 g/mol. The first-order valence-corrected chi connectivity index (χ1v) is 12.8. The third kappa shape index (κ3) is 4.50. The van der Waals surface area contributed by atoms with Crippen LogP contribution >= 0.6 is 0 Å². The Morgan fingerprint density at radius 3 is 2.41 bits per heavy atom. The number of nitrogens with zero attached hydrogens (tertiary/aromatic N) is 4. The Bertz CT molecular complexity index is 1760. The van der Waals surface area contributed by atoms with E-state index in [-0.39, 0.29) is 26.9 Å². The molecule has 0 aliphatic carbocycles. The highest BCUT2D eigenvalue weighted by molar-refractivity contribution is 7.76. The van der Waals surface area contributed by atoms with Crippen LogP contribution in [0.5, 0.6) is 0 Å². The molecule has 0 aliphatic rings. The van der Waals surface area contributed by atoms with Gasteiger partial charge in [-0.1, -0.05) is 18.2 Å². The molecule has 4 aromatic heterocycles.